The van der Waals surface area contributed by atoms with Crippen molar-refractivity contribution in [3.63, 3.8) is 0 Å². The quantitative estimate of drug-likeness (QED) is 0.855. The summed E-state index contributed by atoms with van der Waals surface area (Å²) < 4.78 is 0. The number of nitrogens with one attached hydrogen (secondary N) is 1. The van der Waals surface area contributed by atoms with E-state index in [0.717, 1.165) is 17.8 Å². The van der Waals surface area contributed by atoms with Crippen LogP contribution in [0.15, 0.2) is 60.3 Å². The van der Waals surface area contributed by atoms with Crippen molar-refractivity contribution in [2.75, 3.05) is 5.32 Å². The maximum Gasteiger partial charge on any atom is 0.158 e. The van der Waals surface area contributed by atoms with Gasteiger partial charge in [-0.05, 0) is 49.1 Å². The second-order valence-corrected chi connectivity index (χ2v) is 6.22. The molecule has 2 nitrogen and oxygen atoms in total. The molecule has 0 spiro atoms. The van der Waals surface area contributed by atoms with Crippen molar-refractivity contribution in [3.05, 3.63) is 76.5 Å². The van der Waals surface area contributed by atoms with Crippen molar-refractivity contribution in [2.45, 2.75) is 25.7 Å². The molecule has 0 amide bonds. The Balaban J connectivity index is 1.76. The highest BCUT2D eigenvalue weighted by atomic mass is 35.5. The molecule has 1 N–H and O–H groups in total. The molecule has 0 heterocycles. The van der Waals surface area contributed by atoms with Crippen LogP contribution in [0.3, 0.4) is 0 Å². The summed E-state index contributed by atoms with van der Waals surface area (Å²) in [4.78, 5) is 12.0. The summed E-state index contributed by atoms with van der Waals surface area (Å²) in [6.45, 7) is 2.07. The van der Waals surface area contributed by atoms with Crippen molar-refractivity contribution >= 4 is 23.1 Å². The van der Waals surface area contributed by atoms with Crippen LogP contribution < -0.4 is 5.32 Å². The topological polar surface area (TPSA) is 29.1 Å². The zero-order chi connectivity index (χ0) is 15.5. The molecule has 0 bridgehead atoms. The number of benzene rings is 2. The normalized spacial score (nSPS) is 18.0. The lowest BCUT2D eigenvalue weighted by molar-refractivity contribution is -0.115. The molecule has 3 heteroatoms. The summed E-state index contributed by atoms with van der Waals surface area (Å²) in [7, 11) is 0. The summed E-state index contributed by atoms with van der Waals surface area (Å²) in [5.74, 6) is 0.418. The molecule has 22 heavy (non-hydrogen) atoms. The standard InChI is InChI=1S/C19H18ClNO/c1-13-2-4-14(5-3-13)15-10-18(12-19(22)11-15)21-17-8-6-16(20)7-9-17/h2-9,12,15,21H,10-11H2,1H3/t15-/m0/s1. The van der Waals surface area contributed by atoms with E-state index >= 15 is 0 Å². The van der Waals surface area contributed by atoms with E-state index in [-0.39, 0.29) is 11.7 Å². The van der Waals surface area contributed by atoms with Gasteiger partial charge in [-0.15, -0.1) is 0 Å². The van der Waals surface area contributed by atoms with Gasteiger partial charge >= 0.3 is 0 Å². The summed E-state index contributed by atoms with van der Waals surface area (Å²) in [5.41, 5.74) is 4.38. The highest BCUT2D eigenvalue weighted by Crippen LogP contribution is 2.32. The predicted molar refractivity (Wildman–Crippen MR) is 91.3 cm³/mol. The number of hydrogen-bond donors (Lipinski definition) is 1. The molecule has 0 radical (unpaired) electrons. The number of anilines is 1. The van der Waals surface area contributed by atoms with Crippen LogP contribution in [0.2, 0.25) is 5.02 Å². The highest BCUT2D eigenvalue weighted by molar-refractivity contribution is 6.30. The monoisotopic (exact) mass is 311 g/mol. The first-order valence-corrected chi connectivity index (χ1v) is 7.80. The van der Waals surface area contributed by atoms with Gasteiger partial charge in [-0.2, -0.15) is 0 Å². The smallest absolute Gasteiger partial charge is 0.158 e. The van der Waals surface area contributed by atoms with Gasteiger partial charge in [0.25, 0.3) is 0 Å². The molecule has 1 atom stereocenters. The average Bonchev–Trinajstić information content (AvgIpc) is 2.50. The van der Waals surface area contributed by atoms with Crippen LogP contribution in [0.5, 0.6) is 0 Å². The van der Waals surface area contributed by atoms with Gasteiger partial charge in [0, 0.05) is 28.9 Å². The van der Waals surface area contributed by atoms with E-state index in [9.17, 15) is 4.79 Å². The first-order valence-electron chi connectivity index (χ1n) is 7.43. The van der Waals surface area contributed by atoms with E-state index in [2.05, 4.69) is 36.5 Å². The molecule has 1 aliphatic carbocycles. The van der Waals surface area contributed by atoms with Crippen LogP contribution in [0.1, 0.15) is 29.9 Å². The van der Waals surface area contributed by atoms with Gasteiger partial charge in [-0.3, -0.25) is 4.79 Å². The summed E-state index contributed by atoms with van der Waals surface area (Å²) >= 11 is 5.90. The first kappa shape index (κ1) is 14.9. The maximum absolute atomic E-state index is 12.0. The number of rotatable bonds is 3. The fraction of sp³-hybridized carbons (Fsp3) is 0.211. The van der Waals surface area contributed by atoms with Crippen molar-refractivity contribution < 1.29 is 4.79 Å². The first-order chi connectivity index (χ1) is 10.6. The Labute approximate surface area is 135 Å². The summed E-state index contributed by atoms with van der Waals surface area (Å²) in [5, 5.41) is 4.04. The Morgan fingerprint density at radius 3 is 2.36 bits per heavy atom. The minimum absolute atomic E-state index is 0.174. The number of hydrogen-bond acceptors (Lipinski definition) is 2. The predicted octanol–water partition coefficient (Wildman–Crippen LogP) is 5.09. The fourth-order valence-electron chi connectivity index (χ4n) is 2.77. The number of ketones is 1. The van der Waals surface area contributed by atoms with Gasteiger partial charge in [0.2, 0.25) is 0 Å². The van der Waals surface area contributed by atoms with Crippen molar-refractivity contribution in [2.24, 2.45) is 0 Å². The number of halogens is 1. The van der Waals surface area contributed by atoms with Crippen molar-refractivity contribution in [1.82, 2.24) is 0 Å². The van der Waals surface area contributed by atoms with Crippen LogP contribution in [0.25, 0.3) is 0 Å². The van der Waals surface area contributed by atoms with E-state index in [1.165, 1.54) is 11.1 Å². The minimum Gasteiger partial charge on any atom is -0.359 e. The van der Waals surface area contributed by atoms with E-state index < -0.39 is 0 Å². The lowest BCUT2D eigenvalue weighted by Crippen LogP contribution is -2.16. The molecule has 2 aromatic carbocycles. The number of carbonyl (C=O) groups excluding carboxylic acids is 1. The number of aryl methyl sites for hydroxylation is 1. The van der Waals surface area contributed by atoms with Crippen molar-refractivity contribution in [1.29, 1.82) is 0 Å². The van der Waals surface area contributed by atoms with E-state index in [4.69, 9.17) is 11.6 Å². The lowest BCUT2D eigenvalue weighted by Gasteiger charge is -2.23. The van der Waals surface area contributed by atoms with Gasteiger partial charge in [0.15, 0.2) is 5.78 Å². The second-order valence-electron chi connectivity index (χ2n) is 5.78. The average molecular weight is 312 g/mol. The van der Waals surface area contributed by atoms with Crippen LogP contribution in [0.4, 0.5) is 5.69 Å². The highest BCUT2D eigenvalue weighted by Gasteiger charge is 2.22. The molecular weight excluding hydrogens is 294 g/mol. The summed E-state index contributed by atoms with van der Waals surface area (Å²) in [6, 6.07) is 16.0. The molecular formula is C19H18ClNO. The van der Waals surface area contributed by atoms with Crippen molar-refractivity contribution in [3.8, 4) is 0 Å². The number of allylic oxidation sites excluding steroid dienone is 2. The van der Waals surface area contributed by atoms with Crippen LogP contribution >= 0.6 is 11.6 Å². The Kier molecular flexibility index (Phi) is 4.30. The molecule has 3 rings (SSSR count). The van der Waals surface area contributed by atoms with E-state index in [1.54, 1.807) is 6.08 Å². The van der Waals surface area contributed by atoms with E-state index in [1.807, 2.05) is 24.3 Å². The van der Waals surface area contributed by atoms with Crippen LogP contribution in [0, 0.1) is 6.92 Å². The van der Waals surface area contributed by atoms with Gasteiger partial charge in [0.05, 0.1) is 0 Å². The van der Waals surface area contributed by atoms with Gasteiger partial charge in [-0.25, -0.2) is 0 Å². The Morgan fingerprint density at radius 1 is 1.00 bits per heavy atom. The molecule has 0 fully saturated rings. The SMILES string of the molecule is Cc1ccc([C@@H]2CC(=O)C=C(Nc3ccc(Cl)cc3)C2)cc1. The Morgan fingerprint density at radius 2 is 1.68 bits per heavy atom. The van der Waals surface area contributed by atoms with Crippen LogP contribution in [-0.4, -0.2) is 5.78 Å². The molecule has 0 aliphatic heterocycles. The van der Waals surface area contributed by atoms with Gasteiger partial charge < -0.3 is 5.32 Å². The molecule has 112 valence electrons. The third-order valence-electron chi connectivity index (χ3n) is 3.95. The Bertz CT molecular complexity index is 701. The molecule has 0 unspecified atom stereocenters. The van der Waals surface area contributed by atoms with E-state index in [0.29, 0.717) is 11.4 Å². The lowest BCUT2D eigenvalue weighted by atomic mass is 9.85. The zero-order valence-electron chi connectivity index (χ0n) is 12.5. The molecule has 2 aromatic rings. The third kappa shape index (κ3) is 3.58. The van der Waals surface area contributed by atoms with Crippen LogP contribution in [-0.2, 0) is 4.79 Å². The molecule has 0 saturated heterocycles. The maximum atomic E-state index is 12.0. The number of carbonyl (C=O) groups is 1. The molecule has 0 aromatic heterocycles. The Hall–Kier alpha value is -2.06. The summed E-state index contributed by atoms with van der Waals surface area (Å²) in [6.07, 6.45) is 3.14. The van der Waals surface area contributed by atoms with Gasteiger partial charge in [-0.1, -0.05) is 41.4 Å². The largest absolute Gasteiger partial charge is 0.359 e. The second kappa shape index (κ2) is 6.37. The molecule has 1 aliphatic rings. The third-order valence-corrected chi connectivity index (χ3v) is 4.20. The zero-order valence-corrected chi connectivity index (χ0v) is 13.2. The fourth-order valence-corrected chi connectivity index (χ4v) is 2.90. The minimum atomic E-state index is 0.174. The van der Waals surface area contributed by atoms with Gasteiger partial charge in [0.1, 0.15) is 0 Å². The molecule has 0 saturated carbocycles.